The number of fused-ring (bicyclic) bond motifs is 1. The number of hydrogen-bond donors (Lipinski definition) is 1. The number of Topliss-reactive ketones (excluding diaryl/α,β-unsaturated/α-hetero) is 1. The fourth-order valence-corrected chi connectivity index (χ4v) is 2.68. The Morgan fingerprint density at radius 3 is 2.42 bits per heavy atom. The van der Waals surface area contributed by atoms with Gasteiger partial charge in [0.15, 0.2) is 0 Å². The molecule has 2 fully saturated rings. The molecule has 12 heavy (non-hydrogen) atoms. The molecule has 0 heterocycles. The van der Waals surface area contributed by atoms with Crippen LogP contribution in [0.5, 0.6) is 0 Å². The number of rotatable bonds is 1. The van der Waals surface area contributed by atoms with Gasteiger partial charge in [0, 0.05) is 12.3 Å². The Labute approximate surface area is 70.8 Å². The van der Waals surface area contributed by atoms with Gasteiger partial charge in [0.1, 0.15) is 5.78 Å². The summed E-state index contributed by atoms with van der Waals surface area (Å²) in [7, 11) is 0. The monoisotopic (exact) mass is 168 g/mol. The summed E-state index contributed by atoms with van der Waals surface area (Å²) in [6.07, 6.45) is 0.562. The van der Waals surface area contributed by atoms with Gasteiger partial charge in [-0.05, 0) is 11.3 Å². The van der Waals surface area contributed by atoms with Crippen LogP contribution in [0.3, 0.4) is 0 Å². The summed E-state index contributed by atoms with van der Waals surface area (Å²) in [5.41, 5.74) is -0.0786. The van der Waals surface area contributed by atoms with Crippen LogP contribution < -0.4 is 0 Å². The number of carboxylic acids is 1. The lowest BCUT2D eigenvalue weighted by atomic mass is 9.85. The number of ketones is 1. The Morgan fingerprint density at radius 2 is 2.17 bits per heavy atom. The van der Waals surface area contributed by atoms with Crippen LogP contribution in [0.4, 0.5) is 0 Å². The second-order valence-corrected chi connectivity index (χ2v) is 4.55. The summed E-state index contributed by atoms with van der Waals surface area (Å²) in [6, 6.07) is 0. The van der Waals surface area contributed by atoms with Crippen LogP contribution >= 0.6 is 0 Å². The maximum Gasteiger partial charge on any atom is 0.307 e. The van der Waals surface area contributed by atoms with E-state index in [2.05, 4.69) is 0 Å². The van der Waals surface area contributed by atoms with Crippen molar-refractivity contribution in [3.05, 3.63) is 0 Å². The average molecular weight is 168 g/mol. The highest BCUT2D eigenvalue weighted by molar-refractivity contribution is 5.95. The molecule has 0 aliphatic heterocycles. The first kappa shape index (κ1) is 7.77. The van der Waals surface area contributed by atoms with E-state index in [0.29, 0.717) is 6.42 Å². The van der Waals surface area contributed by atoms with Gasteiger partial charge in [0.2, 0.25) is 0 Å². The molecule has 0 aromatic carbocycles. The molecule has 2 aliphatic carbocycles. The average Bonchev–Trinajstić information content (AvgIpc) is 2.52. The minimum absolute atomic E-state index is 0.0786. The van der Waals surface area contributed by atoms with Crippen molar-refractivity contribution in [1.82, 2.24) is 0 Å². The molecule has 3 heteroatoms. The van der Waals surface area contributed by atoms with Crippen LogP contribution in [0.15, 0.2) is 0 Å². The molecule has 2 rings (SSSR count). The summed E-state index contributed by atoms with van der Waals surface area (Å²) in [5.74, 6) is -1.07. The van der Waals surface area contributed by atoms with E-state index in [9.17, 15) is 9.59 Å². The van der Waals surface area contributed by atoms with E-state index in [1.165, 1.54) is 0 Å². The Hall–Kier alpha value is -0.860. The number of carbonyl (C=O) groups is 2. The van der Waals surface area contributed by atoms with Crippen molar-refractivity contribution in [2.45, 2.75) is 20.3 Å². The Bertz CT molecular complexity index is 263. The molecule has 0 aromatic heterocycles. The first-order chi connectivity index (χ1) is 5.45. The first-order valence-electron chi connectivity index (χ1n) is 4.20. The maximum atomic E-state index is 11.3. The van der Waals surface area contributed by atoms with Crippen molar-refractivity contribution in [2.75, 3.05) is 0 Å². The lowest BCUT2D eigenvalue weighted by molar-refractivity contribution is -0.141. The largest absolute Gasteiger partial charge is 0.481 e. The second kappa shape index (κ2) is 1.90. The zero-order valence-corrected chi connectivity index (χ0v) is 7.20. The van der Waals surface area contributed by atoms with E-state index in [0.717, 1.165) is 0 Å². The van der Waals surface area contributed by atoms with Crippen molar-refractivity contribution in [2.24, 2.45) is 23.2 Å². The first-order valence-corrected chi connectivity index (χ1v) is 4.20. The van der Waals surface area contributed by atoms with Gasteiger partial charge in [-0.15, -0.1) is 0 Å². The smallest absolute Gasteiger partial charge is 0.307 e. The quantitative estimate of drug-likeness (QED) is 0.633. The highest BCUT2D eigenvalue weighted by Gasteiger charge is 2.69. The van der Waals surface area contributed by atoms with Crippen molar-refractivity contribution < 1.29 is 14.7 Å². The van der Waals surface area contributed by atoms with Gasteiger partial charge < -0.3 is 5.11 Å². The molecular formula is C9H12O3. The van der Waals surface area contributed by atoms with E-state index in [1.54, 1.807) is 0 Å². The van der Waals surface area contributed by atoms with E-state index < -0.39 is 5.97 Å². The highest BCUT2D eigenvalue weighted by atomic mass is 16.4. The molecule has 0 saturated heterocycles. The number of carboxylic acid groups (broad SMARTS) is 1. The summed E-state index contributed by atoms with van der Waals surface area (Å²) < 4.78 is 0. The highest BCUT2D eigenvalue weighted by Crippen LogP contribution is 2.64. The fourth-order valence-electron chi connectivity index (χ4n) is 2.68. The fraction of sp³-hybridized carbons (Fsp3) is 0.778. The SMILES string of the molecule is CC1(C)CC(=O)C2C(C(=O)O)C21. The third-order valence-electron chi connectivity index (χ3n) is 3.21. The Balaban J connectivity index is 2.24. The van der Waals surface area contributed by atoms with Gasteiger partial charge in [0.25, 0.3) is 0 Å². The van der Waals surface area contributed by atoms with E-state index in [1.807, 2.05) is 13.8 Å². The number of hydrogen-bond acceptors (Lipinski definition) is 2. The maximum absolute atomic E-state index is 11.3. The van der Waals surface area contributed by atoms with E-state index >= 15 is 0 Å². The van der Waals surface area contributed by atoms with Crippen LogP contribution in [-0.4, -0.2) is 16.9 Å². The van der Waals surface area contributed by atoms with Gasteiger partial charge in [-0.2, -0.15) is 0 Å². The molecule has 0 bridgehead atoms. The number of aliphatic carboxylic acids is 1. The predicted octanol–water partition coefficient (Wildman–Crippen LogP) is 0.932. The summed E-state index contributed by atoms with van der Waals surface area (Å²) in [6.45, 7) is 3.97. The van der Waals surface area contributed by atoms with Crippen molar-refractivity contribution in [1.29, 1.82) is 0 Å². The van der Waals surface area contributed by atoms with Crippen molar-refractivity contribution >= 4 is 11.8 Å². The van der Waals surface area contributed by atoms with Gasteiger partial charge >= 0.3 is 5.97 Å². The van der Waals surface area contributed by atoms with Gasteiger partial charge in [-0.1, -0.05) is 13.8 Å². The normalized spacial score (nSPS) is 42.5. The Morgan fingerprint density at radius 1 is 1.58 bits per heavy atom. The Kier molecular flexibility index (Phi) is 1.23. The van der Waals surface area contributed by atoms with Crippen LogP contribution in [0.25, 0.3) is 0 Å². The predicted molar refractivity (Wildman–Crippen MR) is 41.5 cm³/mol. The zero-order chi connectivity index (χ0) is 9.09. The van der Waals surface area contributed by atoms with Crippen molar-refractivity contribution in [3.63, 3.8) is 0 Å². The third-order valence-corrected chi connectivity index (χ3v) is 3.21. The number of carbonyl (C=O) groups excluding carboxylic acids is 1. The second-order valence-electron chi connectivity index (χ2n) is 4.55. The van der Waals surface area contributed by atoms with Gasteiger partial charge in [0.05, 0.1) is 5.92 Å². The molecule has 2 saturated carbocycles. The molecule has 0 spiro atoms. The lowest BCUT2D eigenvalue weighted by Crippen LogP contribution is -2.19. The minimum atomic E-state index is -0.800. The van der Waals surface area contributed by atoms with Gasteiger partial charge in [-0.3, -0.25) is 9.59 Å². The summed E-state index contributed by atoms with van der Waals surface area (Å²) >= 11 is 0. The molecule has 0 radical (unpaired) electrons. The minimum Gasteiger partial charge on any atom is -0.481 e. The zero-order valence-electron chi connectivity index (χ0n) is 7.20. The van der Waals surface area contributed by atoms with Crippen molar-refractivity contribution in [3.8, 4) is 0 Å². The van der Waals surface area contributed by atoms with Crippen LogP contribution in [0.1, 0.15) is 20.3 Å². The molecule has 0 amide bonds. The third kappa shape index (κ3) is 0.765. The molecule has 3 unspecified atom stereocenters. The summed E-state index contributed by atoms with van der Waals surface area (Å²) in [5, 5.41) is 8.76. The molecular weight excluding hydrogens is 156 g/mol. The van der Waals surface area contributed by atoms with Gasteiger partial charge in [-0.25, -0.2) is 0 Å². The van der Waals surface area contributed by atoms with Crippen LogP contribution in [0.2, 0.25) is 0 Å². The van der Waals surface area contributed by atoms with E-state index in [-0.39, 0.29) is 29.0 Å². The standard InChI is InChI=1S/C9H12O3/c1-9(2)3-4(10)5-6(7(5)9)8(11)12/h5-7H,3H2,1-2H3,(H,11,12). The van der Waals surface area contributed by atoms with Crippen LogP contribution in [0, 0.1) is 23.2 Å². The molecule has 3 atom stereocenters. The van der Waals surface area contributed by atoms with Crippen LogP contribution in [-0.2, 0) is 9.59 Å². The molecule has 1 N–H and O–H groups in total. The molecule has 3 nitrogen and oxygen atoms in total. The lowest BCUT2D eigenvalue weighted by Gasteiger charge is -2.19. The molecule has 66 valence electrons. The molecule has 0 aromatic rings. The van der Waals surface area contributed by atoms with E-state index in [4.69, 9.17) is 5.11 Å². The molecule has 2 aliphatic rings. The summed E-state index contributed by atoms with van der Waals surface area (Å²) in [4.78, 5) is 21.9. The topological polar surface area (TPSA) is 54.4 Å².